The van der Waals surface area contributed by atoms with Crippen LogP contribution in [0.2, 0.25) is 0 Å². The number of nitrogens with one attached hydrogen (secondary N) is 1. The maximum Gasteiger partial charge on any atom is 0.407 e. The van der Waals surface area contributed by atoms with Crippen molar-refractivity contribution in [3.8, 4) is 11.1 Å². The van der Waals surface area contributed by atoms with Crippen molar-refractivity contribution < 1.29 is 22.3 Å². The molecule has 0 bridgehead atoms. The molecular weight excluding hydrogens is 443 g/mol. The first kappa shape index (κ1) is 22.7. The van der Waals surface area contributed by atoms with Gasteiger partial charge in [0.15, 0.2) is 0 Å². The van der Waals surface area contributed by atoms with Crippen LogP contribution in [0.15, 0.2) is 77.7 Å². The van der Waals surface area contributed by atoms with Gasteiger partial charge in [-0.15, -0.1) is 0 Å². The van der Waals surface area contributed by atoms with Crippen LogP contribution in [0.25, 0.3) is 17.2 Å². The van der Waals surface area contributed by atoms with Gasteiger partial charge in [0.25, 0.3) is 0 Å². The van der Waals surface area contributed by atoms with Crippen molar-refractivity contribution in [1.29, 1.82) is 0 Å². The molecule has 3 aromatic carbocycles. The number of carbonyl (C=O) groups excluding carboxylic acids is 1. The minimum absolute atomic E-state index is 0.00803. The van der Waals surface area contributed by atoms with Crippen LogP contribution in [0.3, 0.4) is 0 Å². The fourth-order valence-corrected chi connectivity index (χ4v) is 4.46. The fourth-order valence-electron chi connectivity index (χ4n) is 3.94. The van der Waals surface area contributed by atoms with Crippen LogP contribution in [-0.2, 0) is 14.8 Å². The Kier molecular flexibility index (Phi) is 6.57. The molecule has 170 valence electrons. The molecule has 0 saturated heterocycles. The first-order valence-corrected chi connectivity index (χ1v) is 12.0. The highest BCUT2D eigenvalue weighted by atomic mass is 32.2. The second-order valence-electron chi connectivity index (χ2n) is 7.67. The van der Waals surface area contributed by atoms with Gasteiger partial charge in [-0.3, -0.25) is 0 Å². The summed E-state index contributed by atoms with van der Waals surface area (Å²) in [4.78, 5) is 11.9. The van der Waals surface area contributed by atoms with Gasteiger partial charge in [-0.05, 0) is 40.8 Å². The quantitative estimate of drug-likeness (QED) is 0.504. The minimum atomic E-state index is -3.95. The molecule has 6 nitrogen and oxygen atoms in total. The van der Waals surface area contributed by atoms with Gasteiger partial charge in [-0.2, -0.15) is 0 Å². The lowest BCUT2D eigenvalue weighted by molar-refractivity contribution is 0.143. The van der Waals surface area contributed by atoms with Crippen LogP contribution in [0.5, 0.6) is 0 Å². The number of amides is 1. The summed E-state index contributed by atoms with van der Waals surface area (Å²) in [5, 5.41) is 7.67. The lowest BCUT2D eigenvalue weighted by Crippen LogP contribution is -2.26. The molecule has 1 aliphatic rings. The first-order valence-electron chi connectivity index (χ1n) is 10.4. The lowest BCUT2D eigenvalue weighted by atomic mass is 9.98. The van der Waals surface area contributed by atoms with Crippen molar-refractivity contribution in [1.82, 2.24) is 5.32 Å². The zero-order valence-corrected chi connectivity index (χ0v) is 18.5. The first-order chi connectivity index (χ1) is 15.8. The number of primary sulfonamides is 1. The molecule has 0 radical (unpaired) electrons. The number of hydrogen-bond acceptors (Lipinski definition) is 4. The molecule has 0 heterocycles. The zero-order chi connectivity index (χ0) is 23.4. The number of carbonyl (C=O) groups is 1. The van der Waals surface area contributed by atoms with Crippen molar-refractivity contribution in [3.05, 3.63) is 95.3 Å². The summed E-state index contributed by atoms with van der Waals surface area (Å²) < 4.78 is 42.0. The van der Waals surface area contributed by atoms with E-state index < -0.39 is 21.9 Å². The maximum absolute atomic E-state index is 14.0. The number of nitrogens with two attached hydrogens (primary N) is 1. The van der Waals surface area contributed by atoms with Crippen molar-refractivity contribution in [2.24, 2.45) is 5.14 Å². The third kappa shape index (κ3) is 5.13. The van der Waals surface area contributed by atoms with E-state index >= 15 is 0 Å². The van der Waals surface area contributed by atoms with E-state index in [1.54, 1.807) is 6.08 Å². The summed E-state index contributed by atoms with van der Waals surface area (Å²) in [6.07, 6.45) is 3.12. The molecule has 3 N–H and O–H groups in total. The lowest BCUT2D eigenvalue weighted by Gasteiger charge is -2.14. The number of fused-ring (bicyclic) bond motifs is 3. The predicted molar refractivity (Wildman–Crippen MR) is 124 cm³/mol. The van der Waals surface area contributed by atoms with E-state index in [0.29, 0.717) is 13.0 Å². The Hall–Kier alpha value is -3.49. The van der Waals surface area contributed by atoms with Gasteiger partial charge in [0.2, 0.25) is 10.0 Å². The standard InChI is InChI=1S/C25H23FN2O4S/c26-24-15-18(33(27,30)31)13-12-17(24)7-5-6-14-28-25(29)32-16-23-21-10-3-1-8-19(21)20-9-2-4-11-22(20)23/h1-5,7-13,15,23H,6,14,16H2,(H,28,29)(H2,27,30,31). The summed E-state index contributed by atoms with van der Waals surface area (Å²) in [6, 6.07) is 19.7. The molecule has 0 atom stereocenters. The minimum Gasteiger partial charge on any atom is -0.449 e. The van der Waals surface area contributed by atoms with E-state index in [1.807, 2.05) is 24.3 Å². The number of rotatable bonds is 7. The monoisotopic (exact) mass is 466 g/mol. The zero-order valence-electron chi connectivity index (χ0n) is 17.7. The summed E-state index contributed by atoms with van der Waals surface area (Å²) >= 11 is 0. The van der Waals surface area contributed by atoms with Crippen LogP contribution in [0.4, 0.5) is 9.18 Å². The third-order valence-corrected chi connectivity index (χ3v) is 6.43. The summed E-state index contributed by atoms with van der Waals surface area (Å²) in [5.41, 5.74) is 4.84. The normalized spacial score (nSPS) is 13.0. The molecular formula is C25H23FN2O4S. The second kappa shape index (κ2) is 9.56. The molecule has 0 saturated carbocycles. The average Bonchev–Trinajstić information content (AvgIpc) is 3.11. The maximum atomic E-state index is 14.0. The molecule has 8 heteroatoms. The Balaban J connectivity index is 1.27. The van der Waals surface area contributed by atoms with Crippen molar-refractivity contribution in [3.63, 3.8) is 0 Å². The van der Waals surface area contributed by atoms with Gasteiger partial charge in [-0.1, -0.05) is 66.7 Å². The molecule has 0 unspecified atom stereocenters. The number of ether oxygens (including phenoxy) is 1. The Morgan fingerprint density at radius 3 is 2.27 bits per heavy atom. The van der Waals surface area contributed by atoms with Crippen LogP contribution >= 0.6 is 0 Å². The van der Waals surface area contributed by atoms with Gasteiger partial charge in [0.05, 0.1) is 4.90 Å². The van der Waals surface area contributed by atoms with E-state index in [9.17, 15) is 17.6 Å². The Bertz CT molecular complexity index is 1280. The summed E-state index contributed by atoms with van der Waals surface area (Å²) in [6.45, 7) is 0.543. The molecule has 0 aromatic heterocycles. The van der Waals surface area contributed by atoms with E-state index in [-0.39, 0.29) is 23.0 Å². The van der Waals surface area contributed by atoms with Gasteiger partial charge < -0.3 is 10.1 Å². The summed E-state index contributed by atoms with van der Waals surface area (Å²) in [7, 11) is -3.95. The highest BCUT2D eigenvalue weighted by Gasteiger charge is 2.28. The highest BCUT2D eigenvalue weighted by Crippen LogP contribution is 2.44. The Morgan fingerprint density at radius 2 is 1.67 bits per heavy atom. The van der Waals surface area contributed by atoms with Gasteiger partial charge in [0.1, 0.15) is 12.4 Å². The van der Waals surface area contributed by atoms with E-state index in [0.717, 1.165) is 28.3 Å². The molecule has 1 amide bonds. The summed E-state index contributed by atoms with van der Waals surface area (Å²) in [5.74, 6) is -0.700. The average molecular weight is 467 g/mol. The topological polar surface area (TPSA) is 98.5 Å². The van der Waals surface area contributed by atoms with Crippen molar-refractivity contribution in [2.75, 3.05) is 13.2 Å². The largest absolute Gasteiger partial charge is 0.449 e. The van der Waals surface area contributed by atoms with Gasteiger partial charge in [-0.25, -0.2) is 22.7 Å². The molecule has 33 heavy (non-hydrogen) atoms. The molecule has 0 aliphatic heterocycles. The fraction of sp³-hybridized carbons (Fsp3) is 0.160. The van der Waals surface area contributed by atoms with E-state index in [2.05, 4.69) is 29.6 Å². The van der Waals surface area contributed by atoms with Gasteiger partial charge >= 0.3 is 6.09 Å². The molecule has 0 spiro atoms. The van der Waals surface area contributed by atoms with Crippen LogP contribution < -0.4 is 10.5 Å². The molecule has 1 aliphatic carbocycles. The van der Waals surface area contributed by atoms with Crippen LogP contribution in [-0.4, -0.2) is 27.7 Å². The highest BCUT2D eigenvalue weighted by molar-refractivity contribution is 7.89. The van der Waals surface area contributed by atoms with E-state index in [1.165, 1.54) is 18.2 Å². The SMILES string of the molecule is NS(=O)(=O)c1ccc(C=CCCNC(=O)OCC2c3ccccc3-c3ccccc32)c(F)c1. The Morgan fingerprint density at radius 1 is 1.03 bits per heavy atom. The number of alkyl carbamates (subject to hydrolysis) is 1. The number of halogens is 1. The smallest absolute Gasteiger partial charge is 0.407 e. The molecule has 3 aromatic rings. The van der Waals surface area contributed by atoms with E-state index in [4.69, 9.17) is 9.88 Å². The predicted octanol–water partition coefficient (Wildman–Crippen LogP) is 4.42. The molecule has 4 rings (SSSR count). The van der Waals surface area contributed by atoms with Gasteiger partial charge in [0, 0.05) is 18.0 Å². The van der Waals surface area contributed by atoms with Crippen LogP contribution in [0.1, 0.15) is 29.0 Å². The Labute approximate surface area is 191 Å². The third-order valence-electron chi connectivity index (χ3n) is 5.52. The second-order valence-corrected chi connectivity index (χ2v) is 9.23. The van der Waals surface area contributed by atoms with Crippen molar-refractivity contribution in [2.45, 2.75) is 17.2 Å². The number of hydrogen-bond donors (Lipinski definition) is 2. The van der Waals surface area contributed by atoms with Crippen LogP contribution in [0, 0.1) is 5.82 Å². The number of benzene rings is 3. The molecule has 0 fully saturated rings. The van der Waals surface area contributed by atoms with Crippen molar-refractivity contribution >= 4 is 22.2 Å². The number of sulfonamides is 1.